The van der Waals surface area contributed by atoms with Crippen molar-refractivity contribution in [2.75, 3.05) is 11.4 Å². The van der Waals surface area contributed by atoms with E-state index < -0.39 is 16.1 Å². The molecule has 2 N–H and O–H groups in total. The minimum absolute atomic E-state index is 0.0286. The maximum atomic E-state index is 13.0. The average molecular weight is 422 g/mol. The molecule has 1 aliphatic heterocycles. The van der Waals surface area contributed by atoms with Gasteiger partial charge in [0.05, 0.1) is 4.90 Å². The predicted molar refractivity (Wildman–Crippen MR) is 112 cm³/mol. The van der Waals surface area contributed by atoms with Crippen LogP contribution in [0.4, 0.5) is 5.69 Å². The molecule has 1 aromatic carbocycles. The van der Waals surface area contributed by atoms with Gasteiger partial charge in [0.1, 0.15) is 6.04 Å². The first kappa shape index (κ1) is 21.8. The van der Waals surface area contributed by atoms with E-state index in [9.17, 15) is 18.0 Å². The van der Waals surface area contributed by atoms with Crippen LogP contribution in [0.15, 0.2) is 23.1 Å². The van der Waals surface area contributed by atoms with Crippen LogP contribution in [-0.4, -0.2) is 38.9 Å². The Morgan fingerprint density at radius 2 is 1.90 bits per heavy atom. The summed E-state index contributed by atoms with van der Waals surface area (Å²) in [5.41, 5.74) is 1.61. The van der Waals surface area contributed by atoms with E-state index in [1.165, 1.54) is 6.07 Å². The van der Waals surface area contributed by atoms with E-state index in [2.05, 4.69) is 10.0 Å². The third kappa shape index (κ3) is 4.80. The van der Waals surface area contributed by atoms with Crippen LogP contribution in [0, 0.1) is 5.92 Å². The Bertz CT molecular complexity index is 876. The number of anilines is 1. The molecule has 2 aliphatic rings. The van der Waals surface area contributed by atoms with Gasteiger partial charge in [-0.1, -0.05) is 33.6 Å². The molecule has 0 bridgehead atoms. The zero-order chi connectivity index (χ0) is 21.2. The zero-order valence-corrected chi connectivity index (χ0v) is 18.2. The molecule has 0 unspecified atom stereocenters. The number of carbonyl (C=O) groups excluding carboxylic acids is 2. The summed E-state index contributed by atoms with van der Waals surface area (Å²) < 4.78 is 28.6. The molecule has 7 nitrogen and oxygen atoms in total. The van der Waals surface area contributed by atoms with Crippen molar-refractivity contribution in [1.82, 2.24) is 10.0 Å². The standard InChI is InChI=1S/C21H31N3O4S/c1-4-19(25)24-12-11-15-13-17(9-10-18(15)24)29(27,28)23-20(14(2)3)21(26)22-16-7-5-6-8-16/h9-10,13-14,16,20,23H,4-8,11-12H2,1-3H3,(H,22,26)/t20-/m0/s1. The molecule has 1 aromatic rings. The average Bonchev–Trinajstić information content (AvgIpc) is 3.34. The molecule has 3 rings (SSSR count). The Morgan fingerprint density at radius 3 is 2.52 bits per heavy atom. The molecule has 8 heteroatoms. The maximum absolute atomic E-state index is 13.0. The minimum atomic E-state index is -3.86. The van der Waals surface area contributed by atoms with E-state index in [1.54, 1.807) is 17.0 Å². The summed E-state index contributed by atoms with van der Waals surface area (Å²) in [6.07, 6.45) is 5.11. The van der Waals surface area contributed by atoms with E-state index in [-0.39, 0.29) is 28.7 Å². The van der Waals surface area contributed by atoms with Crippen molar-refractivity contribution >= 4 is 27.5 Å². The highest BCUT2D eigenvalue weighted by molar-refractivity contribution is 7.89. The Balaban J connectivity index is 1.77. The normalized spacial score (nSPS) is 18.1. The van der Waals surface area contributed by atoms with E-state index >= 15 is 0 Å². The quantitative estimate of drug-likeness (QED) is 0.706. The SMILES string of the molecule is CCC(=O)N1CCc2cc(S(=O)(=O)N[C@H](C(=O)NC3CCCC3)C(C)C)ccc21. The largest absolute Gasteiger partial charge is 0.352 e. The van der Waals surface area contributed by atoms with E-state index in [0.717, 1.165) is 36.9 Å². The van der Waals surface area contributed by atoms with Crippen molar-refractivity contribution in [3.8, 4) is 0 Å². The molecule has 2 amide bonds. The van der Waals surface area contributed by atoms with Gasteiger partial charge in [-0.3, -0.25) is 9.59 Å². The summed E-state index contributed by atoms with van der Waals surface area (Å²) in [6.45, 7) is 6.04. The molecular formula is C21H31N3O4S. The van der Waals surface area contributed by atoms with Gasteiger partial charge < -0.3 is 10.2 Å². The summed E-state index contributed by atoms with van der Waals surface area (Å²) in [4.78, 5) is 26.6. The lowest BCUT2D eigenvalue weighted by Gasteiger charge is -2.24. The van der Waals surface area contributed by atoms with Crippen molar-refractivity contribution < 1.29 is 18.0 Å². The summed E-state index contributed by atoms with van der Waals surface area (Å²) in [7, 11) is -3.86. The van der Waals surface area contributed by atoms with Gasteiger partial charge in [0, 0.05) is 24.7 Å². The molecule has 160 valence electrons. The topological polar surface area (TPSA) is 95.6 Å². The highest BCUT2D eigenvalue weighted by Crippen LogP contribution is 2.31. The fourth-order valence-electron chi connectivity index (χ4n) is 4.08. The summed E-state index contributed by atoms with van der Waals surface area (Å²) in [5, 5.41) is 2.99. The van der Waals surface area contributed by atoms with Crippen molar-refractivity contribution in [3.05, 3.63) is 23.8 Å². The second-order valence-electron chi connectivity index (χ2n) is 8.27. The third-order valence-electron chi connectivity index (χ3n) is 5.79. The summed E-state index contributed by atoms with van der Waals surface area (Å²) in [6, 6.07) is 4.12. The Morgan fingerprint density at radius 1 is 1.21 bits per heavy atom. The Labute approximate surface area is 173 Å². The number of sulfonamides is 1. The monoisotopic (exact) mass is 421 g/mol. The molecule has 29 heavy (non-hydrogen) atoms. The van der Waals surface area contributed by atoms with Gasteiger partial charge in [0.25, 0.3) is 0 Å². The number of hydrogen-bond acceptors (Lipinski definition) is 4. The highest BCUT2D eigenvalue weighted by Gasteiger charge is 2.31. The predicted octanol–water partition coefficient (Wildman–Crippen LogP) is 2.35. The van der Waals surface area contributed by atoms with E-state index in [4.69, 9.17) is 0 Å². The molecule has 0 saturated heterocycles. The number of carbonyl (C=O) groups is 2. The number of hydrogen-bond donors (Lipinski definition) is 2. The Kier molecular flexibility index (Phi) is 6.63. The summed E-state index contributed by atoms with van der Waals surface area (Å²) in [5.74, 6) is -0.421. The lowest BCUT2D eigenvalue weighted by Crippen LogP contribution is -2.51. The number of rotatable bonds is 7. The van der Waals surface area contributed by atoms with Gasteiger partial charge in [-0.05, 0) is 48.9 Å². The molecule has 1 atom stereocenters. The lowest BCUT2D eigenvalue weighted by molar-refractivity contribution is -0.124. The first-order valence-corrected chi connectivity index (χ1v) is 12.0. The first-order chi connectivity index (χ1) is 13.7. The van der Waals surface area contributed by atoms with Crippen LogP contribution in [0.5, 0.6) is 0 Å². The van der Waals surface area contributed by atoms with Crippen LogP contribution in [0.1, 0.15) is 58.4 Å². The fourth-order valence-corrected chi connectivity index (χ4v) is 5.48. The molecule has 1 aliphatic carbocycles. The van der Waals surface area contributed by atoms with Crippen LogP contribution < -0.4 is 14.9 Å². The van der Waals surface area contributed by atoms with Gasteiger partial charge in [-0.25, -0.2) is 8.42 Å². The minimum Gasteiger partial charge on any atom is -0.352 e. The number of nitrogens with one attached hydrogen (secondary N) is 2. The smallest absolute Gasteiger partial charge is 0.241 e. The van der Waals surface area contributed by atoms with Crippen LogP contribution in [0.25, 0.3) is 0 Å². The zero-order valence-electron chi connectivity index (χ0n) is 17.4. The number of benzene rings is 1. The second kappa shape index (κ2) is 8.83. The van der Waals surface area contributed by atoms with Crippen LogP contribution in [0.2, 0.25) is 0 Å². The van der Waals surface area contributed by atoms with Crippen LogP contribution >= 0.6 is 0 Å². The first-order valence-electron chi connectivity index (χ1n) is 10.5. The van der Waals surface area contributed by atoms with Crippen molar-refractivity contribution in [1.29, 1.82) is 0 Å². The van der Waals surface area contributed by atoms with Gasteiger partial charge >= 0.3 is 0 Å². The molecule has 0 aromatic heterocycles. The fraction of sp³-hybridized carbons (Fsp3) is 0.619. The van der Waals surface area contributed by atoms with Gasteiger partial charge in [0.2, 0.25) is 21.8 Å². The van der Waals surface area contributed by atoms with Crippen molar-refractivity contribution in [2.45, 2.75) is 76.3 Å². The lowest BCUT2D eigenvalue weighted by atomic mass is 10.0. The maximum Gasteiger partial charge on any atom is 0.241 e. The molecule has 0 spiro atoms. The summed E-state index contributed by atoms with van der Waals surface area (Å²) >= 11 is 0. The van der Waals surface area contributed by atoms with Crippen molar-refractivity contribution in [3.63, 3.8) is 0 Å². The van der Waals surface area contributed by atoms with E-state index in [0.29, 0.717) is 19.4 Å². The number of nitrogens with zero attached hydrogens (tertiary/aromatic N) is 1. The molecular weight excluding hydrogens is 390 g/mol. The molecule has 0 radical (unpaired) electrons. The third-order valence-corrected chi connectivity index (χ3v) is 7.23. The van der Waals surface area contributed by atoms with Crippen LogP contribution in [-0.2, 0) is 26.0 Å². The second-order valence-corrected chi connectivity index (χ2v) is 9.99. The van der Waals surface area contributed by atoms with E-state index in [1.807, 2.05) is 20.8 Å². The van der Waals surface area contributed by atoms with Gasteiger partial charge in [-0.15, -0.1) is 0 Å². The molecule has 1 heterocycles. The van der Waals surface area contributed by atoms with Gasteiger partial charge in [-0.2, -0.15) is 4.72 Å². The number of fused-ring (bicyclic) bond motifs is 1. The number of amides is 2. The Hall–Kier alpha value is -1.93. The highest BCUT2D eigenvalue weighted by atomic mass is 32.2. The van der Waals surface area contributed by atoms with Crippen LogP contribution in [0.3, 0.4) is 0 Å². The molecule has 1 fully saturated rings. The molecule has 1 saturated carbocycles. The van der Waals surface area contributed by atoms with Crippen molar-refractivity contribution in [2.24, 2.45) is 5.92 Å². The van der Waals surface area contributed by atoms with Gasteiger partial charge in [0.15, 0.2) is 0 Å².